The molecule has 2 aliphatic rings. The van der Waals surface area contributed by atoms with Gasteiger partial charge in [0.15, 0.2) is 0 Å². The van der Waals surface area contributed by atoms with E-state index in [1.807, 2.05) is 12.1 Å². The number of ether oxygens (including phenoxy) is 1. The van der Waals surface area contributed by atoms with Gasteiger partial charge in [0.2, 0.25) is 0 Å². The van der Waals surface area contributed by atoms with Gasteiger partial charge in [0.1, 0.15) is 5.82 Å². The van der Waals surface area contributed by atoms with Crippen molar-refractivity contribution in [2.24, 2.45) is 0 Å². The van der Waals surface area contributed by atoms with Gasteiger partial charge in [0.25, 0.3) is 0 Å². The number of nitrogens with zero attached hydrogens (tertiary/aromatic N) is 2. The van der Waals surface area contributed by atoms with Crippen LogP contribution in [0.15, 0.2) is 36.4 Å². The number of carboxylic acids is 1. The third-order valence-electron chi connectivity index (χ3n) is 6.42. The van der Waals surface area contributed by atoms with Gasteiger partial charge in [0.05, 0.1) is 16.6 Å². The number of fused-ring (bicyclic) bond motifs is 3. The van der Waals surface area contributed by atoms with Gasteiger partial charge in [-0.1, -0.05) is 18.2 Å². The number of rotatable bonds is 4. The highest BCUT2D eigenvalue weighted by Gasteiger charge is 2.26. The Bertz CT molecular complexity index is 1100. The van der Waals surface area contributed by atoms with E-state index in [-0.39, 0.29) is 0 Å². The molecule has 3 aromatic rings. The second-order valence-corrected chi connectivity index (χ2v) is 8.42. The number of imidazole rings is 1. The average molecular weight is 405 g/mol. The Balaban J connectivity index is 1.65. The number of carbonyl (C=O) groups is 1. The number of aromatic carboxylic acids is 1. The molecule has 6 heteroatoms. The van der Waals surface area contributed by atoms with Crippen LogP contribution in [0.25, 0.3) is 11.0 Å². The minimum Gasteiger partial charge on any atom is -0.478 e. The number of aryl methyl sites for hydroxylation is 1. The van der Waals surface area contributed by atoms with E-state index in [0.29, 0.717) is 24.1 Å². The van der Waals surface area contributed by atoms with Gasteiger partial charge in [-0.15, -0.1) is 0 Å². The van der Waals surface area contributed by atoms with Crippen molar-refractivity contribution < 1.29 is 14.6 Å². The fourth-order valence-corrected chi connectivity index (χ4v) is 4.88. The maximum atomic E-state index is 11.7. The zero-order valence-corrected chi connectivity index (χ0v) is 17.2. The minimum atomic E-state index is -0.894. The van der Waals surface area contributed by atoms with Gasteiger partial charge in [-0.3, -0.25) is 0 Å². The molecule has 1 saturated heterocycles. The molecule has 1 aromatic heterocycles. The lowest BCUT2D eigenvalue weighted by atomic mass is 9.97. The van der Waals surface area contributed by atoms with Gasteiger partial charge in [-0.25, -0.2) is 9.78 Å². The normalized spacial score (nSPS) is 19.4. The van der Waals surface area contributed by atoms with E-state index in [9.17, 15) is 9.90 Å². The number of aromatic nitrogens is 2. The Morgan fingerprint density at radius 3 is 2.80 bits per heavy atom. The molecule has 0 aliphatic carbocycles. The summed E-state index contributed by atoms with van der Waals surface area (Å²) in [7, 11) is 0. The summed E-state index contributed by atoms with van der Waals surface area (Å²) in [5.41, 5.74) is 5.82. The van der Waals surface area contributed by atoms with Crippen molar-refractivity contribution in [2.75, 3.05) is 18.5 Å². The first-order chi connectivity index (χ1) is 14.6. The van der Waals surface area contributed by atoms with Crippen molar-refractivity contribution in [1.29, 1.82) is 0 Å². The van der Waals surface area contributed by atoms with E-state index in [0.717, 1.165) is 61.3 Å². The molecule has 0 unspecified atom stereocenters. The van der Waals surface area contributed by atoms with Crippen LogP contribution in [0.4, 0.5) is 5.69 Å². The van der Waals surface area contributed by atoms with Gasteiger partial charge < -0.3 is 19.7 Å². The predicted octanol–water partition coefficient (Wildman–Crippen LogP) is 4.42. The molecule has 1 atom stereocenters. The third-order valence-corrected chi connectivity index (χ3v) is 6.42. The molecular formula is C24H27N3O3. The topological polar surface area (TPSA) is 76.4 Å². The average Bonchev–Trinajstić information content (AvgIpc) is 3.12. The number of hydrogen-bond donors (Lipinski definition) is 2. The molecule has 0 amide bonds. The summed E-state index contributed by atoms with van der Waals surface area (Å²) in [6, 6.07) is 12.4. The van der Waals surface area contributed by atoms with Gasteiger partial charge in [0, 0.05) is 43.0 Å². The number of nitrogens with one attached hydrogen (secondary N) is 1. The number of benzene rings is 2. The molecule has 3 heterocycles. The number of hydrogen-bond acceptors (Lipinski definition) is 4. The molecule has 2 N–H and O–H groups in total. The molecule has 0 bridgehead atoms. The SMILES string of the molecule is C[C@H]1CCc2c(ccc3c2nc(Cc2ccccc2C(=O)O)n3C2CCOCC2)N1. The lowest BCUT2D eigenvalue weighted by molar-refractivity contribution is 0.0696. The van der Waals surface area contributed by atoms with Crippen LogP contribution in [0.5, 0.6) is 0 Å². The van der Waals surface area contributed by atoms with Crippen molar-refractivity contribution in [3.8, 4) is 0 Å². The second kappa shape index (κ2) is 7.76. The van der Waals surface area contributed by atoms with Crippen LogP contribution in [0.1, 0.15) is 59.5 Å². The Morgan fingerprint density at radius 2 is 2.00 bits per heavy atom. The summed E-state index contributed by atoms with van der Waals surface area (Å²) in [5, 5.41) is 13.2. The van der Waals surface area contributed by atoms with E-state index < -0.39 is 5.97 Å². The highest BCUT2D eigenvalue weighted by Crippen LogP contribution is 2.36. The minimum absolute atomic E-state index is 0.323. The molecule has 2 aliphatic heterocycles. The van der Waals surface area contributed by atoms with Gasteiger partial charge >= 0.3 is 5.97 Å². The zero-order valence-electron chi connectivity index (χ0n) is 17.2. The lowest BCUT2D eigenvalue weighted by Crippen LogP contribution is -2.22. The van der Waals surface area contributed by atoms with Gasteiger partial charge in [-0.05, 0) is 56.4 Å². The molecule has 0 saturated carbocycles. The van der Waals surface area contributed by atoms with E-state index in [1.54, 1.807) is 12.1 Å². The highest BCUT2D eigenvalue weighted by molar-refractivity contribution is 5.90. The first-order valence-electron chi connectivity index (χ1n) is 10.8. The van der Waals surface area contributed by atoms with Crippen LogP contribution in [-0.4, -0.2) is 39.9 Å². The summed E-state index contributed by atoms with van der Waals surface area (Å²) in [5.74, 6) is 0.0486. The smallest absolute Gasteiger partial charge is 0.335 e. The monoisotopic (exact) mass is 405 g/mol. The van der Waals surface area contributed by atoms with Crippen LogP contribution in [0.3, 0.4) is 0 Å². The first kappa shape index (κ1) is 19.1. The maximum absolute atomic E-state index is 11.7. The second-order valence-electron chi connectivity index (χ2n) is 8.42. The quantitative estimate of drug-likeness (QED) is 0.672. The molecule has 2 aromatic carbocycles. The highest BCUT2D eigenvalue weighted by atomic mass is 16.5. The maximum Gasteiger partial charge on any atom is 0.335 e. The molecule has 6 nitrogen and oxygen atoms in total. The standard InChI is InChI=1S/C24H27N3O3/c1-15-6-7-19-20(25-15)8-9-21-23(19)26-22(27(21)17-10-12-30-13-11-17)14-16-4-2-3-5-18(16)24(28)29/h2-5,8-9,15,17,25H,6-7,10-14H2,1H3,(H,28,29)/t15-/m0/s1. The first-order valence-corrected chi connectivity index (χ1v) is 10.8. The summed E-state index contributed by atoms with van der Waals surface area (Å²) >= 11 is 0. The summed E-state index contributed by atoms with van der Waals surface area (Å²) < 4.78 is 7.96. The number of carboxylic acid groups (broad SMARTS) is 1. The third kappa shape index (κ3) is 3.35. The fourth-order valence-electron chi connectivity index (χ4n) is 4.88. The van der Waals surface area contributed by atoms with Crippen molar-refractivity contribution >= 4 is 22.7 Å². The van der Waals surface area contributed by atoms with Crippen molar-refractivity contribution in [2.45, 2.75) is 51.1 Å². The van der Waals surface area contributed by atoms with Crippen LogP contribution >= 0.6 is 0 Å². The van der Waals surface area contributed by atoms with E-state index in [1.165, 1.54) is 11.3 Å². The van der Waals surface area contributed by atoms with E-state index >= 15 is 0 Å². The van der Waals surface area contributed by atoms with Crippen LogP contribution in [0.2, 0.25) is 0 Å². The summed E-state index contributed by atoms with van der Waals surface area (Å²) in [6.45, 7) is 3.71. The summed E-state index contributed by atoms with van der Waals surface area (Å²) in [6.07, 6.45) is 4.51. The number of anilines is 1. The van der Waals surface area contributed by atoms with Crippen molar-refractivity contribution in [3.05, 3.63) is 58.9 Å². The summed E-state index contributed by atoms with van der Waals surface area (Å²) in [4.78, 5) is 16.9. The largest absolute Gasteiger partial charge is 0.478 e. The lowest BCUT2D eigenvalue weighted by Gasteiger charge is -2.27. The molecule has 156 valence electrons. The Kier molecular flexibility index (Phi) is 4.95. The zero-order chi connectivity index (χ0) is 20.7. The van der Waals surface area contributed by atoms with Gasteiger partial charge in [-0.2, -0.15) is 0 Å². The molecule has 30 heavy (non-hydrogen) atoms. The Morgan fingerprint density at radius 1 is 1.20 bits per heavy atom. The van der Waals surface area contributed by atoms with Crippen LogP contribution < -0.4 is 5.32 Å². The molecule has 5 rings (SSSR count). The molecule has 0 radical (unpaired) electrons. The van der Waals surface area contributed by atoms with E-state index in [4.69, 9.17) is 9.72 Å². The van der Waals surface area contributed by atoms with Crippen LogP contribution in [-0.2, 0) is 17.6 Å². The van der Waals surface area contributed by atoms with E-state index in [2.05, 4.69) is 28.9 Å². The Labute approximate surface area is 175 Å². The predicted molar refractivity (Wildman–Crippen MR) is 116 cm³/mol. The van der Waals surface area contributed by atoms with Crippen molar-refractivity contribution in [3.63, 3.8) is 0 Å². The van der Waals surface area contributed by atoms with Crippen LogP contribution in [0, 0.1) is 0 Å². The fraction of sp³-hybridized carbons (Fsp3) is 0.417. The molecule has 1 fully saturated rings. The molecular weight excluding hydrogens is 378 g/mol. The Hall–Kier alpha value is -2.86. The van der Waals surface area contributed by atoms with Crippen molar-refractivity contribution in [1.82, 2.24) is 9.55 Å². The molecule has 0 spiro atoms.